The van der Waals surface area contributed by atoms with E-state index in [0.29, 0.717) is 5.69 Å². The molecule has 7 nitrogen and oxygen atoms in total. The van der Waals surface area contributed by atoms with Crippen LogP contribution >= 0.6 is 0 Å². The topological polar surface area (TPSA) is 91.2 Å². The Morgan fingerprint density at radius 3 is 2.96 bits per heavy atom. The zero-order chi connectivity index (χ0) is 18.3. The molecule has 2 N–H and O–H groups in total. The molecule has 138 valence electrons. The Bertz CT molecular complexity index is 1040. The highest BCUT2D eigenvalue weighted by Crippen LogP contribution is 2.23. The van der Waals surface area contributed by atoms with E-state index in [4.69, 9.17) is 0 Å². The van der Waals surface area contributed by atoms with Crippen molar-refractivity contribution in [2.75, 3.05) is 18.6 Å². The van der Waals surface area contributed by atoms with Crippen LogP contribution in [0.15, 0.2) is 36.5 Å². The molecule has 0 fully saturated rings. The smallest absolute Gasteiger partial charge is 0.150 e. The molecule has 3 heterocycles. The lowest BCUT2D eigenvalue weighted by molar-refractivity contribution is 0.191. The molecule has 2 aromatic heterocycles. The van der Waals surface area contributed by atoms with Crippen molar-refractivity contribution in [2.45, 2.75) is 25.7 Å². The average molecular weight is 374 g/mol. The lowest BCUT2D eigenvalue weighted by Gasteiger charge is -2.27. The summed E-state index contributed by atoms with van der Waals surface area (Å²) in [5, 5.41) is 15.7. The molecule has 1 atom stereocenters. The molecule has 0 saturated heterocycles. The summed E-state index contributed by atoms with van der Waals surface area (Å²) in [7, 11) is -3.25. The van der Waals surface area contributed by atoms with Crippen LogP contribution in [-0.4, -0.2) is 51.7 Å². The number of fused-ring (bicyclic) bond motifs is 2. The third-order valence-electron chi connectivity index (χ3n) is 4.78. The molecule has 0 bridgehead atoms. The molecule has 3 aromatic rings. The number of sulfone groups is 1. The normalized spacial score (nSPS) is 16.7. The number of aliphatic hydroxyl groups excluding tert-OH is 1. The van der Waals surface area contributed by atoms with Crippen molar-refractivity contribution >= 4 is 20.7 Å². The van der Waals surface area contributed by atoms with E-state index in [0.717, 1.165) is 43.6 Å². The van der Waals surface area contributed by atoms with Crippen LogP contribution < -0.4 is 0 Å². The fourth-order valence-corrected chi connectivity index (χ4v) is 4.29. The summed E-state index contributed by atoms with van der Waals surface area (Å²) in [5.41, 5.74) is 3.84. The molecule has 0 aliphatic carbocycles. The van der Waals surface area contributed by atoms with Crippen molar-refractivity contribution in [3.8, 4) is 0 Å². The van der Waals surface area contributed by atoms with Crippen LogP contribution in [0.5, 0.6) is 0 Å². The second kappa shape index (κ2) is 6.53. The van der Waals surface area contributed by atoms with Gasteiger partial charge in [0.15, 0.2) is 0 Å². The average Bonchev–Trinajstić information content (AvgIpc) is 3.19. The van der Waals surface area contributed by atoms with Gasteiger partial charge >= 0.3 is 0 Å². The highest BCUT2D eigenvalue weighted by Gasteiger charge is 2.23. The first-order chi connectivity index (χ1) is 12.4. The van der Waals surface area contributed by atoms with Gasteiger partial charge in [0.1, 0.15) is 15.9 Å². The van der Waals surface area contributed by atoms with Crippen molar-refractivity contribution < 1.29 is 13.5 Å². The second-order valence-corrected chi connectivity index (χ2v) is 9.14. The maximum atomic E-state index is 11.4. The summed E-state index contributed by atoms with van der Waals surface area (Å²) < 4.78 is 24.7. The Labute approximate surface area is 152 Å². The fraction of sp³-hybridized carbons (Fsp3) is 0.389. The van der Waals surface area contributed by atoms with Gasteiger partial charge in [0.05, 0.1) is 23.7 Å². The van der Waals surface area contributed by atoms with E-state index >= 15 is 0 Å². The van der Waals surface area contributed by atoms with Crippen molar-refractivity contribution in [1.29, 1.82) is 0 Å². The molecule has 26 heavy (non-hydrogen) atoms. The third-order valence-corrected chi connectivity index (χ3v) is 5.70. The minimum atomic E-state index is -3.25. The molecule has 0 radical (unpaired) electrons. The van der Waals surface area contributed by atoms with Gasteiger partial charge in [-0.05, 0) is 23.8 Å². The summed E-state index contributed by atoms with van der Waals surface area (Å²) in [5.74, 6) is -0.303. The molecule has 0 spiro atoms. The number of nitrogens with one attached hydrogen (secondary N) is 1. The maximum Gasteiger partial charge on any atom is 0.150 e. The first-order valence-electron chi connectivity index (χ1n) is 8.59. The largest absolute Gasteiger partial charge is 0.386 e. The summed E-state index contributed by atoms with van der Waals surface area (Å²) in [6.45, 7) is 3.14. The van der Waals surface area contributed by atoms with Crippen LogP contribution in [0, 0.1) is 0 Å². The fourth-order valence-electron chi connectivity index (χ4n) is 3.54. The molecule has 1 aromatic carbocycles. The molecule has 1 aliphatic heterocycles. The van der Waals surface area contributed by atoms with Crippen LogP contribution in [0.4, 0.5) is 0 Å². The number of aromatic amines is 1. The monoisotopic (exact) mass is 374 g/mol. The van der Waals surface area contributed by atoms with Gasteiger partial charge in [-0.25, -0.2) is 8.42 Å². The van der Waals surface area contributed by atoms with E-state index < -0.39 is 15.9 Å². The standard InChI is InChI=1S/C18H22N4O3S/c1-26(24,25)12-18(23)17-9-14-11-21(7-8-22(14)20-17)10-13-3-2-4-16-15(13)5-6-19-16/h2-6,9,18-19,23H,7-8,10-12H2,1H3/t18-/m1/s1. The molecule has 4 rings (SSSR count). The summed E-state index contributed by atoms with van der Waals surface area (Å²) in [4.78, 5) is 5.58. The Hall–Kier alpha value is -2.16. The Kier molecular flexibility index (Phi) is 4.34. The zero-order valence-electron chi connectivity index (χ0n) is 14.6. The van der Waals surface area contributed by atoms with Crippen molar-refractivity contribution in [2.24, 2.45) is 0 Å². The van der Waals surface area contributed by atoms with Gasteiger partial charge in [-0.3, -0.25) is 9.58 Å². The molecular weight excluding hydrogens is 352 g/mol. The second-order valence-electron chi connectivity index (χ2n) is 6.96. The van der Waals surface area contributed by atoms with E-state index in [1.165, 1.54) is 10.9 Å². The van der Waals surface area contributed by atoms with E-state index in [9.17, 15) is 13.5 Å². The van der Waals surface area contributed by atoms with Crippen LogP contribution in [-0.2, 0) is 29.5 Å². The van der Waals surface area contributed by atoms with Crippen LogP contribution in [0.1, 0.15) is 23.1 Å². The van der Waals surface area contributed by atoms with Crippen LogP contribution in [0.3, 0.4) is 0 Å². The van der Waals surface area contributed by atoms with E-state index in [-0.39, 0.29) is 5.75 Å². The number of hydrogen-bond donors (Lipinski definition) is 2. The zero-order valence-corrected chi connectivity index (χ0v) is 15.4. The predicted molar refractivity (Wildman–Crippen MR) is 99.3 cm³/mol. The van der Waals surface area contributed by atoms with E-state index in [1.807, 2.05) is 16.9 Å². The maximum absolute atomic E-state index is 11.4. The quantitative estimate of drug-likeness (QED) is 0.705. The lowest BCUT2D eigenvalue weighted by atomic mass is 10.1. The minimum absolute atomic E-state index is 0.303. The number of aliphatic hydroxyl groups is 1. The highest BCUT2D eigenvalue weighted by atomic mass is 32.2. The summed E-state index contributed by atoms with van der Waals surface area (Å²) in [6.07, 6.45) is 2.00. The van der Waals surface area contributed by atoms with Gasteiger partial charge in [0.2, 0.25) is 0 Å². The minimum Gasteiger partial charge on any atom is -0.386 e. The lowest BCUT2D eigenvalue weighted by Crippen LogP contribution is -2.33. The Morgan fingerprint density at radius 1 is 1.31 bits per heavy atom. The first kappa shape index (κ1) is 17.3. The molecule has 0 amide bonds. The molecule has 0 saturated carbocycles. The number of H-pyrrole nitrogens is 1. The number of benzene rings is 1. The molecular formula is C18H22N4O3S. The van der Waals surface area contributed by atoms with Gasteiger partial charge in [0, 0.05) is 43.0 Å². The van der Waals surface area contributed by atoms with Crippen molar-refractivity contribution in [3.05, 3.63) is 53.5 Å². The molecule has 8 heteroatoms. The van der Waals surface area contributed by atoms with Crippen molar-refractivity contribution in [1.82, 2.24) is 19.7 Å². The third kappa shape index (κ3) is 3.53. The molecule has 1 aliphatic rings. The van der Waals surface area contributed by atoms with Gasteiger partial charge < -0.3 is 10.1 Å². The van der Waals surface area contributed by atoms with Gasteiger partial charge in [-0.2, -0.15) is 5.10 Å². The number of hydrogen-bond acceptors (Lipinski definition) is 5. The highest BCUT2D eigenvalue weighted by molar-refractivity contribution is 7.90. The summed E-state index contributed by atoms with van der Waals surface area (Å²) >= 11 is 0. The van der Waals surface area contributed by atoms with Gasteiger partial charge in [0.25, 0.3) is 0 Å². The SMILES string of the molecule is CS(=O)(=O)C[C@@H](O)c1cc2n(n1)CCN(Cc1cccc3[nH]ccc13)C2. The molecule has 0 unspecified atom stereocenters. The predicted octanol–water partition coefficient (Wildman–Crippen LogP) is 1.46. The van der Waals surface area contributed by atoms with Crippen LogP contribution in [0.25, 0.3) is 10.9 Å². The van der Waals surface area contributed by atoms with Gasteiger partial charge in [-0.15, -0.1) is 0 Å². The van der Waals surface area contributed by atoms with Crippen LogP contribution in [0.2, 0.25) is 0 Å². The first-order valence-corrected chi connectivity index (χ1v) is 10.6. The van der Waals surface area contributed by atoms with E-state index in [2.05, 4.69) is 39.2 Å². The Balaban J connectivity index is 1.50. The number of aromatic nitrogens is 3. The number of rotatable bonds is 5. The van der Waals surface area contributed by atoms with Crippen molar-refractivity contribution in [3.63, 3.8) is 0 Å². The summed E-state index contributed by atoms with van der Waals surface area (Å²) in [6, 6.07) is 10.2. The number of nitrogens with zero attached hydrogens (tertiary/aromatic N) is 3. The Morgan fingerprint density at radius 2 is 2.15 bits per heavy atom. The van der Waals surface area contributed by atoms with Gasteiger partial charge in [-0.1, -0.05) is 12.1 Å². The van der Waals surface area contributed by atoms with E-state index in [1.54, 1.807) is 0 Å².